The maximum atomic E-state index is 9.58. The van der Waals surface area contributed by atoms with Crippen LogP contribution in [0.2, 0.25) is 0 Å². The standard InChI is InChI=1S/C9H16N2O2S2/c1-6(2)13-4-8(12)5-14-9-10-7(3)11-15-9/h6,8,12H,4-5H2,1-3H3. The minimum atomic E-state index is -0.443. The average Bonchev–Trinajstić information content (AvgIpc) is 2.58. The maximum absolute atomic E-state index is 9.58. The van der Waals surface area contributed by atoms with E-state index in [0.29, 0.717) is 12.4 Å². The van der Waals surface area contributed by atoms with Crippen LogP contribution in [0.4, 0.5) is 0 Å². The molecule has 4 nitrogen and oxygen atoms in total. The van der Waals surface area contributed by atoms with Gasteiger partial charge >= 0.3 is 0 Å². The first-order valence-electron chi connectivity index (χ1n) is 4.80. The molecular weight excluding hydrogens is 232 g/mol. The summed E-state index contributed by atoms with van der Waals surface area (Å²) in [6.07, 6.45) is -0.282. The Morgan fingerprint density at radius 3 is 2.80 bits per heavy atom. The summed E-state index contributed by atoms with van der Waals surface area (Å²) in [6, 6.07) is 0. The number of hydrogen-bond donors (Lipinski definition) is 1. The molecule has 1 aromatic rings. The summed E-state index contributed by atoms with van der Waals surface area (Å²) in [4.78, 5) is 4.20. The fourth-order valence-electron chi connectivity index (χ4n) is 0.856. The van der Waals surface area contributed by atoms with Gasteiger partial charge in [-0.15, -0.1) is 0 Å². The number of rotatable bonds is 6. The van der Waals surface area contributed by atoms with Crippen LogP contribution in [0.3, 0.4) is 0 Å². The summed E-state index contributed by atoms with van der Waals surface area (Å²) in [6.45, 7) is 6.14. The first-order valence-corrected chi connectivity index (χ1v) is 6.56. The van der Waals surface area contributed by atoms with E-state index < -0.39 is 6.10 Å². The molecule has 0 aliphatic carbocycles. The highest BCUT2D eigenvalue weighted by atomic mass is 32.2. The van der Waals surface area contributed by atoms with Crippen LogP contribution in [0, 0.1) is 6.92 Å². The van der Waals surface area contributed by atoms with Crippen molar-refractivity contribution in [2.75, 3.05) is 12.4 Å². The number of aryl methyl sites for hydroxylation is 1. The molecule has 6 heteroatoms. The SMILES string of the molecule is Cc1nsc(SCC(O)COC(C)C)n1. The van der Waals surface area contributed by atoms with Gasteiger partial charge in [-0.2, -0.15) is 4.37 Å². The van der Waals surface area contributed by atoms with Crippen molar-refractivity contribution >= 4 is 23.3 Å². The molecule has 0 radical (unpaired) electrons. The lowest BCUT2D eigenvalue weighted by atomic mass is 10.4. The second kappa shape index (κ2) is 6.42. The Balaban J connectivity index is 2.19. The van der Waals surface area contributed by atoms with Crippen molar-refractivity contribution in [3.05, 3.63) is 5.82 Å². The Morgan fingerprint density at radius 1 is 1.53 bits per heavy atom. The predicted octanol–water partition coefficient (Wildman–Crippen LogP) is 1.72. The van der Waals surface area contributed by atoms with Gasteiger partial charge in [0.15, 0.2) is 4.34 Å². The van der Waals surface area contributed by atoms with Gasteiger partial charge in [-0.3, -0.25) is 0 Å². The van der Waals surface area contributed by atoms with E-state index >= 15 is 0 Å². The third-order valence-corrected chi connectivity index (χ3v) is 3.60. The number of aromatic nitrogens is 2. The van der Waals surface area contributed by atoms with E-state index in [9.17, 15) is 5.11 Å². The second-order valence-corrected chi connectivity index (χ2v) is 5.47. The summed E-state index contributed by atoms with van der Waals surface area (Å²) >= 11 is 2.88. The fraction of sp³-hybridized carbons (Fsp3) is 0.778. The van der Waals surface area contributed by atoms with E-state index in [1.54, 1.807) is 0 Å². The van der Waals surface area contributed by atoms with Crippen molar-refractivity contribution in [3.63, 3.8) is 0 Å². The highest BCUT2D eigenvalue weighted by Gasteiger charge is 2.08. The van der Waals surface area contributed by atoms with Crippen LogP contribution in [0.15, 0.2) is 4.34 Å². The van der Waals surface area contributed by atoms with E-state index in [-0.39, 0.29) is 6.10 Å². The molecule has 0 spiro atoms. The molecule has 0 bridgehead atoms. The molecule has 1 N–H and O–H groups in total. The molecule has 0 aliphatic rings. The minimum Gasteiger partial charge on any atom is -0.390 e. The van der Waals surface area contributed by atoms with Gasteiger partial charge in [-0.1, -0.05) is 11.8 Å². The predicted molar refractivity (Wildman–Crippen MR) is 62.5 cm³/mol. The molecular formula is C9H16N2O2S2. The Morgan fingerprint density at radius 2 is 2.27 bits per heavy atom. The van der Waals surface area contributed by atoms with E-state index in [1.807, 2.05) is 20.8 Å². The molecule has 0 fully saturated rings. The van der Waals surface area contributed by atoms with E-state index in [4.69, 9.17) is 4.74 Å². The average molecular weight is 248 g/mol. The fourth-order valence-corrected chi connectivity index (χ4v) is 2.43. The molecule has 1 unspecified atom stereocenters. The quantitative estimate of drug-likeness (QED) is 0.777. The highest BCUT2D eigenvalue weighted by molar-refractivity contribution is 8.00. The molecule has 1 atom stereocenters. The van der Waals surface area contributed by atoms with Crippen LogP contribution in [-0.2, 0) is 4.74 Å². The lowest BCUT2D eigenvalue weighted by Crippen LogP contribution is -2.20. The molecule has 15 heavy (non-hydrogen) atoms. The van der Waals surface area contributed by atoms with Gasteiger partial charge in [-0.25, -0.2) is 4.98 Å². The van der Waals surface area contributed by atoms with Gasteiger partial charge in [0.25, 0.3) is 0 Å². The number of nitrogens with zero attached hydrogens (tertiary/aromatic N) is 2. The molecule has 0 aromatic carbocycles. The van der Waals surface area contributed by atoms with E-state index in [1.165, 1.54) is 23.3 Å². The summed E-state index contributed by atoms with van der Waals surface area (Å²) in [5, 5.41) is 9.58. The van der Waals surface area contributed by atoms with E-state index in [0.717, 1.165) is 10.2 Å². The van der Waals surface area contributed by atoms with E-state index in [2.05, 4.69) is 9.36 Å². The third-order valence-electron chi connectivity index (χ3n) is 1.53. The molecule has 1 aromatic heterocycles. The van der Waals surface area contributed by atoms with Gasteiger partial charge in [0.05, 0.1) is 18.8 Å². The highest BCUT2D eigenvalue weighted by Crippen LogP contribution is 2.20. The molecule has 0 saturated heterocycles. The van der Waals surface area contributed by atoms with Crippen molar-refractivity contribution < 1.29 is 9.84 Å². The molecule has 86 valence electrons. The van der Waals surface area contributed by atoms with Crippen LogP contribution in [0.1, 0.15) is 19.7 Å². The van der Waals surface area contributed by atoms with Gasteiger partial charge in [0.2, 0.25) is 0 Å². The molecule has 0 saturated carbocycles. The normalized spacial score (nSPS) is 13.4. The van der Waals surface area contributed by atoms with Crippen LogP contribution < -0.4 is 0 Å². The van der Waals surface area contributed by atoms with Crippen molar-refractivity contribution in [2.24, 2.45) is 0 Å². The van der Waals surface area contributed by atoms with Gasteiger partial charge < -0.3 is 9.84 Å². The van der Waals surface area contributed by atoms with Crippen molar-refractivity contribution in [2.45, 2.75) is 37.3 Å². The largest absolute Gasteiger partial charge is 0.390 e. The third kappa shape index (κ3) is 5.46. The number of aliphatic hydroxyl groups is 1. The van der Waals surface area contributed by atoms with Gasteiger partial charge in [-0.05, 0) is 32.3 Å². The lowest BCUT2D eigenvalue weighted by molar-refractivity contribution is 0.0152. The number of thioether (sulfide) groups is 1. The Hall–Kier alpha value is -0.170. The molecule has 1 heterocycles. The summed E-state index contributed by atoms with van der Waals surface area (Å²) in [7, 11) is 0. The van der Waals surface area contributed by atoms with Crippen molar-refractivity contribution in [3.8, 4) is 0 Å². The summed E-state index contributed by atoms with van der Waals surface area (Å²) < 4.78 is 10.3. The number of hydrogen-bond acceptors (Lipinski definition) is 6. The lowest BCUT2D eigenvalue weighted by Gasteiger charge is -2.12. The van der Waals surface area contributed by atoms with Crippen LogP contribution in [-0.4, -0.2) is 39.0 Å². The first-order chi connectivity index (χ1) is 7.08. The Bertz CT molecular complexity index is 291. The Labute approximate surface area is 98.2 Å². The van der Waals surface area contributed by atoms with Crippen LogP contribution in [0.25, 0.3) is 0 Å². The zero-order valence-corrected chi connectivity index (χ0v) is 10.8. The summed E-state index contributed by atoms with van der Waals surface area (Å²) in [5.74, 6) is 1.39. The van der Waals surface area contributed by atoms with Crippen LogP contribution >= 0.6 is 23.3 Å². The smallest absolute Gasteiger partial charge is 0.170 e. The van der Waals surface area contributed by atoms with Crippen molar-refractivity contribution in [1.29, 1.82) is 0 Å². The monoisotopic (exact) mass is 248 g/mol. The number of ether oxygens (including phenoxy) is 1. The molecule has 1 rings (SSSR count). The topological polar surface area (TPSA) is 55.2 Å². The first kappa shape index (κ1) is 12.9. The second-order valence-electron chi connectivity index (χ2n) is 3.45. The van der Waals surface area contributed by atoms with Crippen LogP contribution in [0.5, 0.6) is 0 Å². The Kier molecular flexibility index (Phi) is 5.52. The van der Waals surface area contributed by atoms with Crippen molar-refractivity contribution in [1.82, 2.24) is 9.36 Å². The minimum absolute atomic E-state index is 0.161. The number of aliphatic hydroxyl groups excluding tert-OH is 1. The van der Waals surface area contributed by atoms with Gasteiger partial charge in [0, 0.05) is 5.75 Å². The zero-order valence-electron chi connectivity index (χ0n) is 9.14. The zero-order chi connectivity index (χ0) is 11.3. The summed E-state index contributed by atoms with van der Waals surface area (Å²) in [5.41, 5.74) is 0. The maximum Gasteiger partial charge on any atom is 0.170 e. The molecule has 0 amide bonds. The van der Waals surface area contributed by atoms with Gasteiger partial charge in [0.1, 0.15) is 5.82 Å². The molecule has 0 aliphatic heterocycles.